The number of carbonyl (C=O) groups excluding carboxylic acids is 1. The minimum absolute atomic E-state index is 0.109. The van der Waals surface area contributed by atoms with Crippen molar-refractivity contribution in [2.75, 3.05) is 33.7 Å². The van der Waals surface area contributed by atoms with Crippen LogP contribution < -0.4 is 10.6 Å². The van der Waals surface area contributed by atoms with Gasteiger partial charge in [-0.3, -0.25) is 4.79 Å². The lowest BCUT2D eigenvalue weighted by Crippen LogP contribution is -2.34. The highest BCUT2D eigenvalue weighted by Crippen LogP contribution is 2.20. The second-order valence-electron chi connectivity index (χ2n) is 6.52. The average molecular weight is 303 g/mol. The fraction of sp³-hybridized carbons (Fsp3) is 0.611. The maximum atomic E-state index is 12.4. The molecule has 1 aliphatic heterocycles. The Labute approximate surface area is 134 Å². The van der Waals surface area contributed by atoms with Crippen molar-refractivity contribution in [1.29, 1.82) is 0 Å². The van der Waals surface area contributed by atoms with Crippen LogP contribution in [0.3, 0.4) is 0 Å². The molecule has 0 radical (unpaired) electrons. The summed E-state index contributed by atoms with van der Waals surface area (Å²) >= 11 is 0. The van der Waals surface area contributed by atoms with Gasteiger partial charge in [-0.2, -0.15) is 0 Å². The van der Waals surface area contributed by atoms with E-state index in [9.17, 15) is 4.79 Å². The molecule has 0 spiro atoms. The van der Waals surface area contributed by atoms with Crippen LogP contribution in [0.5, 0.6) is 0 Å². The fourth-order valence-corrected chi connectivity index (χ4v) is 3.00. The molecule has 1 saturated heterocycles. The average Bonchev–Trinajstić information content (AvgIpc) is 2.53. The summed E-state index contributed by atoms with van der Waals surface area (Å²) in [7, 11) is 4.14. The van der Waals surface area contributed by atoms with Crippen LogP contribution in [0.15, 0.2) is 30.3 Å². The second-order valence-corrected chi connectivity index (χ2v) is 6.52. The van der Waals surface area contributed by atoms with E-state index in [1.54, 1.807) is 0 Å². The largest absolute Gasteiger partial charge is 0.349 e. The van der Waals surface area contributed by atoms with Gasteiger partial charge in [0.2, 0.25) is 5.91 Å². The zero-order valence-corrected chi connectivity index (χ0v) is 13.8. The monoisotopic (exact) mass is 303 g/mol. The highest BCUT2D eigenvalue weighted by Gasteiger charge is 2.20. The van der Waals surface area contributed by atoms with Gasteiger partial charge in [-0.05, 0) is 64.5 Å². The minimum Gasteiger partial charge on any atom is -0.349 e. The van der Waals surface area contributed by atoms with Gasteiger partial charge in [0.1, 0.15) is 0 Å². The van der Waals surface area contributed by atoms with E-state index in [0.717, 1.165) is 38.9 Å². The number of nitrogens with zero attached hydrogens (tertiary/aromatic N) is 1. The zero-order chi connectivity index (χ0) is 15.8. The Morgan fingerprint density at radius 1 is 1.27 bits per heavy atom. The molecule has 1 heterocycles. The van der Waals surface area contributed by atoms with Gasteiger partial charge in [-0.15, -0.1) is 0 Å². The molecule has 0 aromatic heterocycles. The number of benzene rings is 1. The van der Waals surface area contributed by atoms with Gasteiger partial charge >= 0.3 is 0 Å². The van der Waals surface area contributed by atoms with Crippen LogP contribution in [-0.2, 0) is 4.79 Å². The SMILES string of the molecule is CN(C)CCC(NC(=O)CC1CCNCC1)c1ccccc1. The zero-order valence-electron chi connectivity index (χ0n) is 13.8. The third-order valence-corrected chi connectivity index (χ3v) is 4.33. The summed E-state index contributed by atoms with van der Waals surface area (Å²) in [5.74, 6) is 0.728. The van der Waals surface area contributed by atoms with Crippen molar-refractivity contribution in [1.82, 2.24) is 15.5 Å². The summed E-state index contributed by atoms with van der Waals surface area (Å²) in [6, 6.07) is 10.4. The van der Waals surface area contributed by atoms with E-state index in [-0.39, 0.29) is 11.9 Å². The summed E-state index contributed by atoms with van der Waals surface area (Å²) in [6.07, 6.45) is 3.82. The number of piperidine rings is 1. The van der Waals surface area contributed by atoms with Crippen LogP contribution in [0.25, 0.3) is 0 Å². The number of rotatable bonds is 7. The molecule has 1 amide bonds. The standard InChI is InChI=1S/C18H29N3O/c1-21(2)13-10-17(16-6-4-3-5-7-16)20-18(22)14-15-8-11-19-12-9-15/h3-7,15,17,19H,8-14H2,1-2H3,(H,20,22). The highest BCUT2D eigenvalue weighted by atomic mass is 16.1. The third kappa shape index (κ3) is 5.78. The quantitative estimate of drug-likeness (QED) is 0.811. The summed E-state index contributed by atoms with van der Waals surface area (Å²) < 4.78 is 0. The van der Waals surface area contributed by atoms with E-state index in [2.05, 4.69) is 41.8 Å². The molecule has 122 valence electrons. The molecule has 2 N–H and O–H groups in total. The topological polar surface area (TPSA) is 44.4 Å². The van der Waals surface area contributed by atoms with Crippen molar-refractivity contribution in [2.24, 2.45) is 5.92 Å². The summed E-state index contributed by atoms with van der Waals surface area (Å²) in [5.41, 5.74) is 1.20. The minimum atomic E-state index is 0.109. The molecule has 4 heteroatoms. The smallest absolute Gasteiger partial charge is 0.220 e. The predicted molar refractivity (Wildman–Crippen MR) is 90.7 cm³/mol. The lowest BCUT2D eigenvalue weighted by atomic mass is 9.94. The molecule has 0 bridgehead atoms. The van der Waals surface area contributed by atoms with E-state index in [1.807, 2.05) is 18.2 Å². The molecule has 4 nitrogen and oxygen atoms in total. The highest BCUT2D eigenvalue weighted by molar-refractivity contribution is 5.76. The Balaban J connectivity index is 1.91. The number of hydrogen-bond donors (Lipinski definition) is 2. The predicted octanol–water partition coefficient (Wildman–Crippen LogP) is 2.19. The normalized spacial score (nSPS) is 17.4. The Morgan fingerprint density at radius 3 is 2.59 bits per heavy atom. The summed E-state index contributed by atoms with van der Waals surface area (Å²) in [5, 5.41) is 6.60. The van der Waals surface area contributed by atoms with Gasteiger partial charge in [0.05, 0.1) is 6.04 Å². The molecule has 1 fully saturated rings. The molecule has 0 aliphatic carbocycles. The molecule has 22 heavy (non-hydrogen) atoms. The molecular weight excluding hydrogens is 274 g/mol. The lowest BCUT2D eigenvalue weighted by molar-refractivity contribution is -0.123. The van der Waals surface area contributed by atoms with Crippen molar-refractivity contribution in [3.05, 3.63) is 35.9 Å². The third-order valence-electron chi connectivity index (χ3n) is 4.33. The van der Waals surface area contributed by atoms with Gasteiger partial charge < -0.3 is 15.5 Å². The van der Waals surface area contributed by atoms with Crippen LogP contribution in [0.1, 0.15) is 37.3 Å². The van der Waals surface area contributed by atoms with Crippen LogP contribution in [0.2, 0.25) is 0 Å². The molecule has 1 aliphatic rings. The Morgan fingerprint density at radius 2 is 1.95 bits per heavy atom. The van der Waals surface area contributed by atoms with Gasteiger partial charge in [0, 0.05) is 6.42 Å². The summed E-state index contributed by atoms with van der Waals surface area (Å²) in [4.78, 5) is 14.6. The van der Waals surface area contributed by atoms with Crippen LogP contribution in [-0.4, -0.2) is 44.5 Å². The van der Waals surface area contributed by atoms with Gasteiger partial charge in [0.15, 0.2) is 0 Å². The molecule has 2 rings (SSSR count). The number of carbonyl (C=O) groups is 1. The van der Waals surface area contributed by atoms with Crippen molar-refractivity contribution < 1.29 is 4.79 Å². The summed E-state index contributed by atoms with van der Waals surface area (Å²) in [6.45, 7) is 3.05. The Bertz CT molecular complexity index is 441. The first kappa shape index (κ1) is 17.0. The van der Waals surface area contributed by atoms with Gasteiger partial charge in [0.25, 0.3) is 0 Å². The first-order chi connectivity index (χ1) is 10.6. The molecule has 1 aromatic rings. The molecular formula is C18H29N3O. The number of amides is 1. The second kappa shape index (κ2) is 8.91. The van der Waals surface area contributed by atoms with Crippen LogP contribution in [0, 0.1) is 5.92 Å². The van der Waals surface area contributed by atoms with E-state index in [4.69, 9.17) is 0 Å². The molecule has 0 saturated carbocycles. The Hall–Kier alpha value is -1.39. The molecule has 1 atom stereocenters. The van der Waals surface area contributed by atoms with Gasteiger partial charge in [-0.1, -0.05) is 30.3 Å². The van der Waals surface area contributed by atoms with Crippen molar-refractivity contribution in [3.8, 4) is 0 Å². The molecule has 1 aromatic carbocycles. The number of nitrogens with one attached hydrogen (secondary N) is 2. The van der Waals surface area contributed by atoms with Crippen molar-refractivity contribution >= 4 is 5.91 Å². The van der Waals surface area contributed by atoms with Crippen molar-refractivity contribution in [3.63, 3.8) is 0 Å². The van der Waals surface area contributed by atoms with E-state index >= 15 is 0 Å². The number of hydrogen-bond acceptors (Lipinski definition) is 3. The van der Waals surface area contributed by atoms with E-state index in [0.29, 0.717) is 12.3 Å². The fourth-order valence-electron chi connectivity index (χ4n) is 3.00. The lowest BCUT2D eigenvalue weighted by Gasteiger charge is -2.25. The van der Waals surface area contributed by atoms with Crippen LogP contribution in [0.4, 0.5) is 0 Å². The first-order valence-electron chi connectivity index (χ1n) is 8.35. The maximum Gasteiger partial charge on any atom is 0.220 e. The Kier molecular flexibility index (Phi) is 6.87. The maximum absolute atomic E-state index is 12.4. The first-order valence-corrected chi connectivity index (χ1v) is 8.35. The van der Waals surface area contributed by atoms with Crippen molar-refractivity contribution in [2.45, 2.75) is 31.7 Å². The van der Waals surface area contributed by atoms with E-state index in [1.165, 1.54) is 5.56 Å². The van der Waals surface area contributed by atoms with Gasteiger partial charge in [-0.25, -0.2) is 0 Å². The molecule has 1 unspecified atom stereocenters. The van der Waals surface area contributed by atoms with E-state index < -0.39 is 0 Å². The van der Waals surface area contributed by atoms with Crippen LogP contribution >= 0.6 is 0 Å².